The number of aryl methyl sites for hydroxylation is 1. The first-order chi connectivity index (χ1) is 6.81. The van der Waals surface area contributed by atoms with Crippen LogP contribution in [0.25, 0.3) is 0 Å². The van der Waals surface area contributed by atoms with E-state index in [0.29, 0.717) is 17.9 Å². The summed E-state index contributed by atoms with van der Waals surface area (Å²) in [6.45, 7) is 4.54. The molecule has 1 heterocycles. The highest BCUT2D eigenvalue weighted by molar-refractivity contribution is 5.42. The highest BCUT2D eigenvalue weighted by Crippen LogP contribution is 2.17. The van der Waals surface area contributed by atoms with Gasteiger partial charge >= 0.3 is 0 Å². The van der Waals surface area contributed by atoms with Gasteiger partial charge in [-0.1, -0.05) is 13.3 Å². The van der Waals surface area contributed by atoms with Crippen molar-refractivity contribution >= 4 is 0 Å². The maximum absolute atomic E-state index is 8.88. The van der Waals surface area contributed by atoms with Gasteiger partial charge < -0.3 is 4.74 Å². The molecule has 0 radical (unpaired) electrons. The number of hydrogen-bond acceptors (Lipinski definition) is 3. The van der Waals surface area contributed by atoms with E-state index in [9.17, 15) is 0 Å². The first kappa shape index (κ1) is 10.5. The summed E-state index contributed by atoms with van der Waals surface area (Å²) in [6, 6.07) is 3.91. The zero-order valence-electron chi connectivity index (χ0n) is 8.58. The zero-order valence-corrected chi connectivity index (χ0v) is 8.58. The Bertz CT molecular complexity index is 342. The third-order valence-electron chi connectivity index (χ3n) is 1.85. The Balaban J connectivity index is 2.94. The number of nitrogens with zero attached hydrogens (tertiary/aromatic N) is 2. The molecular formula is C11H14N2O. The van der Waals surface area contributed by atoms with Gasteiger partial charge in [0.15, 0.2) is 5.75 Å². The van der Waals surface area contributed by atoms with Crippen LogP contribution >= 0.6 is 0 Å². The van der Waals surface area contributed by atoms with Crippen LogP contribution in [0.4, 0.5) is 0 Å². The standard InChI is InChI=1S/C11H14N2O/c1-3-5-10-6-9(7-12)11(8-13-10)14-4-2/h6,8H,3-5H2,1-2H3. The van der Waals surface area contributed by atoms with E-state index >= 15 is 0 Å². The first-order valence-corrected chi connectivity index (χ1v) is 4.83. The lowest BCUT2D eigenvalue weighted by Crippen LogP contribution is -1.98. The van der Waals surface area contributed by atoms with Crippen molar-refractivity contribution in [1.29, 1.82) is 5.26 Å². The molecule has 0 saturated heterocycles. The predicted molar refractivity (Wildman–Crippen MR) is 54.1 cm³/mol. The number of ether oxygens (including phenoxy) is 1. The highest BCUT2D eigenvalue weighted by Gasteiger charge is 2.04. The molecule has 0 atom stereocenters. The molecule has 1 aromatic rings. The van der Waals surface area contributed by atoms with Gasteiger partial charge in [0.05, 0.1) is 18.4 Å². The lowest BCUT2D eigenvalue weighted by atomic mass is 10.1. The van der Waals surface area contributed by atoms with Crippen LogP contribution in [0.2, 0.25) is 0 Å². The second-order valence-corrected chi connectivity index (χ2v) is 2.97. The molecule has 14 heavy (non-hydrogen) atoms. The molecule has 0 fully saturated rings. The monoisotopic (exact) mass is 190 g/mol. The molecule has 0 aliphatic rings. The Morgan fingerprint density at radius 3 is 2.86 bits per heavy atom. The zero-order chi connectivity index (χ0) is 10.4. The second-order valence-electron chi connectivity index (χ2n) is 2.97. The van der Waals surface area contributed by atoms with Gasteiger partial charge in [0.1, 0.15) is 6.07 Å². The van der Waals surface area contributed by atoms with Gasteiger partial charge in [-0.15, -0.1) is 0 Å². The fourth-order valence-electron chi connectivity index (χ4n) is 1.24. The molecule has 0 amide bonds. The highest BCUT2D eigenvalue weighted by atomic mass is 16.5. The summed E-state index contributed by atoms with van der Waals surface area (Å²) in [5.41, 5.74) is 1.53. The molecule has 3 heteroatoms. The number of aromatic nitrogens is 1. The maximum atomic E-state index is 8.88. The molecule has 0 unspecified atom stereocenters. The summed E-state index contributed by atoms with van der Waals surface area (Å²) < 4.78 is 5.28. The number of hydrogen-bond donors (Lipinski definition) is 0. The molecule has 0 saturated carbocycles. The van der Waals surface area contributed by atoms with Crippen LogP contribution < -0.4 is 4.74 Å². The van der Waals surface area contributed by atoms with Crippen molar-refractivity contribution in [3.05, 3.63) is 23.5 Å². The number of nitriles is 1. The SMILES string of the molecule is CCCc1cc(C#N)c(OCC)cn1. The van der Waals surface area contributed by atoms with Gasteiger partial charge in [-0.25, -0.2) is 0 Å². The number of rotatable bonds is 4. The third-order valence-corrected chi connectivity index (χ3v) is 1.85. The van der Waals surface area contributed by atoms with Crippen molar-refractivity contribution in [2.75, 3.05) is 6.61 Å². The van der Waals surface area contributed by atoms with Gasteiger partial charge in [0.2, 0.25) is 0 Å². The largest absolute Gasteiger partial charge is 0.491 e. The van der Waals surface area contributed by atoms with E-state index in [0.717, 1.165) is 18.5 Å². The second kappa shape index (κ2) is 5.23. The van der Waals surface area contributed by atoms with E-state index in [4.69, 9.17) is 10.00 Å². The minimum atomic E-state index is 0.559. The van der Waals surface area contributed by atoms with E-state index in [1.807, 2.05) is 6.92 Å². The molecule has 0 N–H and O–H groups in total. The minimum absolute atomic E-state index is 0.559. The summed E-state index contributed by atoms with van der Waals surface area (Å²) >= 11 is 0. The van der Waals surface area contributed by atoms with Crippen LogP contribution in [0.15, 0.2) is 12.3 Å². The maximum Gasteiger partial charge on any atom is 0.155 e. The summed E-state index contributed by atoms with van der Waals surface area (Å²) in [6.07, 6.45) is 3.57. The normalized spacial score (nSPS) is 9.50. The minimum Gasteiger partial charge on any atom is -0.491 e. The molecule has 0 aromatic carbocycles. The van der Waals surface area contributed by atoms with E-state index < -0.39 is 0 Å². The molecule has 0 aliphatic heterocycles. The number of pyridine rings is 1. The fraction of sp³-hybridized carbons (Fsp3) is 0.455. The van der Waals surface area contributed by atoms with Crippen molar-refractivity contribution in [2.24, 2.45) is 0 Å². The van der Waals surface area contributed by atoms with Gasteiger partial charge in [-0.2, -0.15) is 5.26 Å². The summed E-state index contributed by atoms with van der Waals surface area (Å²) in [5, 5.41) is 8.88. The van der Waals surface area contributed by atoms with E-state index in [1.54, 1.807) is 12.3 Å². The molecule has 0 spiro atoms. The van der Waals surface area contributed by atoms with Gasteiger partial charge in [0, 0.05) is 5.69 Å². The Labute approximate surface area is 84.3 Å². The van der Waals surface area contributed by atoms with Crippen molar-refractivity contribution in [3.8, 4) is 11.8 Å². The quantitative estimate of drug-likeness (QED) is 0.731. The molecule has 74 valence electrons. The summed E-state index contributed by atoms with van der Waals surface area (Å²) in [7, 11) is 0. The topological polar surface area (TPSA) is 45.9 Å². The van der Waals surface area contributed by atoms with Crippen LogP contribution in [-0.4, -0.2) is 11.6 Å². The Hall–Kier alpha value is -1.56. The van der Waals surface area contributed by atoms with Crippen molar-refractivity contribution in [3.63, 3.8) is 0 Å². The van der Waals surface area contributed by atoms with Crippen molar-refractivity contribution in [2.45, 2.75) is 26.7 Å². The molecule has 3 nitrogen and oxygen atoms in total. The predicted octanol–water partition coefficient (Wildman–Crippen LogP) is 2.30. The third kappa shape index (κ3) is 2.46. The van der Waals surface area contributed by atoms with Crippen molar-refractivity contribution in [1.82, 2.24) is 4.98 Å². The molecular weight excluding hydrogens is 176 g/mol. The van der Waals surface area contributed by atoms with Crippen LogP contribution in [0.1, 0.15) is 31.5 Å². The summed E-state index contributed by atoms with van der Waals surface area (Å²) in [5.74, 6) is 0.579. The molecule has 0 aliphatic carbocycles. The summed E-state index contributed by atoms with van der Waals surface area (Å²) in [4.78, 5) is 4.22. The van der Waals surface area contributed by atoms with Gasteiger partial charge in [-0.05, 0) is 19.4 Å². The molecule has 1 aromatic heterocycles. The Morgan fingerprint density at radius 1 is 1.50 bits per heavy atom. The molecule has 0 bridgehead atoms. The van der Waals surface area contributed by atoms with E-state index in [1.165, 1.54) is 0 Å². The van der Waals surface area contributed by atoms with Gasteiger partial charge in [-0.3, -0.25) is 4.98 Å². The van der Waals surface area contributed by atoms with Crippen LogP contribution in [0.5, 0.6) is 5.75 Å². The van der Waals surface area contributed by atoms with Gasteiger partial charge in [0.25, 0.3) is 0 Å². The Kier molecular flexibility index (Phi) is 3.93. The van der Waals surface area contributed by atoms with E-state index in [2.05, 4.69) is 18.0 Å². The lowest BCUT2D eigenvalue weighted by Gasteiger charge is -2.05. The average molecular weight is 190 g/mol. The molecule has 1 rings (SSSR count). The van der Waals surface area contributed by atoms with Crippen LogP contribution in [-0.2, 0) is 6.42 Å². The van der Waals surface area contributed by atoms with Crippen LogP contribution in [0.3, 0.4) is 0 Å². The lowest BCUT2D eigenvalue weighted by molar-refractivity contribution is 0.337. The Morgan fingerprint density at radius 2 is 2.29 bits per heavy atom. The first-order valence-electron chi connectivity index (χ1n) is 4.83. The average Bonchev–Trinajstić information content (AvgIpc) is 2.21. The fourth-order valence-corrected chi connectivity index (χ4v) is 1.24. The smallest absolute Gasteiger partial charge is 0.155 e. The van der Waals surface area contributed by atoms with E-state index in [-0.39, 0.29) is 0 Å². The van der Waals surface area contributed by atoms with Crippen LogP contribution in [0, 0.1) is 11.3 Å². The van der Waals surface area contributed by atoms with Crippen molar-refractivity contribution < 1.29 is 4.74 Å².